The lowest BCUT2D eigenvalue weighted by Crippen LogP contribution is -2.22. The van der Waals surface area contributed by atoms with E-state index in [9.17, 15) is 4.79 Å². The quantitative estimate of drug-likeness (QED) is 0.817. The van der Waals surface area contributed by atoms with Crippen molar-refractivity contribution >= 4 is 17.2 Å². The van der Waals surface area contributed by atoms with Crippen LogP contribution in [0.2, 0.25) is 0 Å². The normalized spacial score (nSPS) is 18.2. The minimum atomic E-state index is -0.0320. The fourth-order valence-electron chi connectivity index (χ4n) is 2.28. The predicted molar refractivity (Wildman–Crippen MR) is 71.3 cm³/mol. The maximum Gasteiger partial charge on any atom is 0.262 e. The molecule has 0 fully saturated rings. The molecule has 1 heterocycles. The van der Waals surface area contributed by atoms with E-state index in [1.807, 2.05) is 6.07 Å². The summed E-state index contributed by atoms with van der Waals surface area (Å²) in [5.74, 6) is 3.18. The SMILES string of the molecule is C#CCNC(=O)c1cc2c(s1)CC[C@H](CC)C2. The van der Waals surface area contributed by atoms with Crippen molar-refractivity contribution in [1.29, 1.82) is 0 Å². The van der Waals surface area contributed by atoms with Crippen molar-refractivity contribution in [2.45, 2.75) is 32.6 Å². The van der Waals surface area contributed by atoms with Gasteiger partial charge in [0.25, 0.3) is 5.91 Å². The second-order valence-electron chi connectivity index (χ2n) is 4.46. The van der Waals surface area contributed by atoms with Crippen LogP contribution in [0.3, 0.4) is 0 Å². The molecule has 1 atom stereocenters. The van der Waals surface area contributed by atoms with Gasteiger partial charge in [-0.3, -0.25) is 4.79 Å². The highest BCUT2D eigenvalue weighted by Crippen LogP contribution is 2.33. The first-order chi connectivity index (χ1) is 8.24. The van der Waals surface area contributed by atoms with Crippen LogP contribution in [0, 0.1) is 18.3 Å². The molecule has 1 N–H and O–H groups in total. The van der Waals surface area contributed by atoms with Crippen molar-refractivity contribution in [1.82, 2.24) is 5.32 Å². The highest BCUT2D eigenvalue weighted by atomic mass is 32.1. The maximum atomic E-state index is 11.8. The van der Waals surface area contributed by atoms with Crippen LogP contribution < -0.4 is 5.32 Å². The Balaban J connectivity index is 2.10. The van der Waals surface area contributed by atoms with Crippen LogP contribution in [-0.4, -0.2) is 12.5 Å². The summed E-state index contributed by atoms with van der Waals surface area (Å²) in [6.45, 7) is 2.54. The molecule has 0 saturated carbocycles. The Kier molecular flexibility index (Phi) is 3.86. The van der Waals surface area contributed by atoms with Gasteiger partial charge in [-0.25, -0.2) is 0 Å². The Morgan fingerprint density at radius 1 is 1.71 bits per heavy atom. The van der Waals surface area contributed by atoms with E-state index in [-0.39, 0.29) is 5.91 Å². The molecule has 1 aliphatic carbocycles. The Bertz CT molecular complexity index is 455. The fraction of sp³-hybridized carbons (Fsp3) is 0.500. The van der Waals surface area contributed by atoms with Crippen molar-refractivity contribution in [3.8, 4) is 12.3 Å². The number of carbonyl (C=O) groups is 1. The van der Waals surface area contributed by atoms with E-state index in [2.05, 4.69) is 18.2 Å². The summed E-state index contributed by atoms with van der Waals surface area (Å²) in [6, 6.07) is 2.05. The van der Waals surface area contributed by atoms with Crippen LogP contribution in [-0.2, 0) is 12.8 Å². The standard InChI is InChI=1S/C14H17NOS/c1-3-7-15-14(16)13-9-11-8-10(4-2)5-6-12(11)17-13/h1,9-10H,4-8H2,2H3,(H,15,16)/t10-/m0/s1. The van der Waals surface area contributed by atoms with Crippen LogP contribution in [0.1, 0.15) is 39.9 Å². The number of aryl methyl sites for hydroxylation is 1. The van der Waals surface area contributed by atoms with E-state index in [1.165, 1.54) is 23.3 Å². The molecule has 0 radical (unpaired) electrons. The average Bonchev–Trinajstić information content (AvgIpc) is 2.78. The molecule has 2 rings (SSSR count). The zero-order valence-corrected chi connectivity index (χ0v) is 10.9. The zero-order valence-electron chi connectivity index (χ0n) is 10.1. The zero-order chi connectivity index (χ0) is 12.3. The molecule has 1 amide bonds. The molecule has 0 unspecified atom stereocenters. The molecule has 0 bridgehead atoms. The van der Waals surface area contributed by atoms with Gasteiger partial charge in [-0.05, 0) is 36.8 Å². The third-order valence-corrected chi connectivity index (χ3v) is 4.57. The van der Waals surface area contributed by atoms with Gasteiger partial charge in [0.05, 0.1) is 11.4 Å². The maximum absolute atomic E-state index is 11.8. The minimum Gasteiger partial charge on any atom is -0.340 e. The number of hydrogen-bond acceptors (Lipinski definition) is 2. The number of thiophene rings is 1. The molecule has 1 aromatic heterocycles. The number of fused-ring (bicyclic) bond motifs is 1. The Morgan fingerprint density at radius 3 is 3.24 bits per heavy atom. The van der Waals surface area contributed by atoms with E-state index in [4.69, 9.17) is 6.42 Å². The molecular formula is C14H17NOS. The van der Waals surface area contributed by atoms with Gasteiger partial charge < -0.3 is 5.32 Å². The lowest BCUT2D eigenvalue weighted by molar-refractivity contribution is 0.0962. The van der Waals surface area contributed by atoms with Gasteiger partial charge in [0, 0.05) is 4.88 Å². The summed E-state index contributed by atoms with van der Waals surface area (Å²) in [5.41, 5.74) is 1.37. The van der Waals surface area contributed by atoms with Crippen LogP contribution >= 0.6 is 11.3 Å². The Morgan fingerprint density at radius 2 is 2.53 bits per heavy atom. The number of amides is 1. The van der Waals surface area contributed by atoms with E-state index in [0.717, 1.165) is 23.6 Å². The average molecular weight is 247 g/mol. The van der Waals surface area contributed by atoms with Crippen LogP contribution in [0.25, 0.3) is 0 Å². The lowest BCUT2D eigenvalue weighted by Gasteiger charge is -2.19. The Labute approximate surface area is 106 Å². The number of nitrogens with one attached hydrogen (secondary N) is 1. The molecule has 1 aliphatic rings. The summed E-state index contributed by atoms with van der Waals surface area (Å²) in [5, 5.41) is 2.72. The number of terminal acetylenes is 1. The highest BCUT2D eigenvalue weighted by Gasteiger charge is 2.21. The molecule has 2 nitrogen and oxygen atoms in total. The van der Waals surface area contributed by atoms with Gasteiger partial charge in [-0.1, -0.05) is 19.3 Å². The summed E-state index contributed by atoms with van der Waals surface area (Å²) >= 11 is 1.63. The minimum absolute atomic E-state index is 0.0320. The first-order valence-electron chi connectivity index (χ1n) is 6.07. The van der Waals surface area contributed by atoms with Crippen LogP contribution in [0.5, 0.6) is 0 Å². The third kappa shape index (κ3) is 2.70. The van der Waals surface area contributed by atoms with Gasteiger partial charge in [0.15, 0.2) is 0 Å². The van der Waals surface area contributed by atoms with Crippen molar-refractivity contribution in [3.63, 3.8) is 0 Å². The summed E-state index contributed by atoms with van der Waals surface area (Å²) in [4.78, 5) is 14.0. The molecule has 90 valence electrons. The van der Waals surface area contributed by atoms with Crippen LogP contribution in [0.15, 0.2) is 6.07 Å². The molecule has 0 saturated heterocycles. The summed E-state index contributed by atoms with van der Waals surface area (Å²) in [6.07, 6.45) is 9.87. The largest absolute Gasteiger partial charge is 0.340 e. The van der Waals surface area contributed by atoms with Gasteiger partial charge in [-0.2, -0.15) is 0 Å². The van der Waals surface area contributed by atoms with E-state index < -0.39 is 0 Å². The summed E-state index contributed by atoms with van der Waals surface area (Å²) in [7, 11) is 0. The van der Waals surface area contributed by atoms with Gasteiger partial charge in [0.1, 0.15) is 0 Å². The van der Waals surface area contributed by atoms with E-state index in [1.54, 1.807) is 11.3 Å². The number of carbonyl (C=O) groups excluding carboxylic acids is 1. The number of hydrogen-bond donors (Lipinski definition) is 1. The van der Waals surface area contributed by atoms with Gasteiger partial charge in [-0.15, -0.1) is 17.8 Å². The molecular weight excluding hydrogens is 230 g/mol. The molecule has 17 heavy (non-hydrogen) atoms. The first kappa shape index (κ1) is 12.2. The van der Waals surface area contributed by atoms with Gasteiger partial charge in [0.2, 0.25) is 0 Å². The third-order valence-electron chi connectivity index (χ3n) is 3.34. The second kappa shape index (κ2) is 5.37. The van der Waals surface area contributed by atoms with Crippen molar-refractivity contribution < 1.29 is 4.79 Å². The van der Waals surface area contributed by atoms with Crippen LogP contribution in [0.4, 0.5) is 0 Å². The molecule has 0 spiro atoms. The van der Waals surface area contributed by atoms with Crippen molar-refractivity contribution in [2.24, 2.45) is 5.92 Å². The topological polar surface area (TPSA) is 29.1 Å². The molecule has 3 heteroatoms. The first-order valence-corrected chi connectivity index (χ1v) is 6.89. The Hall–Kier alpha value is -1.27. The molecule has 0 aromatic carbocycles. The predicted octanol–water partition coefficient (Wildman–Crippen LogP) is 2.63. The monoisotopic (exact) mass is 247 g/mol. The molecule has 0 aliphatic heterocycles. The fourth-order valence-corrected chi connectivity index (χ4v) is 3.40. The van der Waals surface area contributed by atoms with Crippen molar-refractivity contribution in [2.75, 3.05) is 6.54 Å². The summed E-state index contributed by atoms with van der Waals surface area (Å²) < 4.78 is 0. The smallest absolute Gasteiger partial charge is 0.262 e. The number of rotatable bonds is 3. The lowest BCUT2D eigenvalue weighted by atomic mass is 9.87. The molecule has 1 aromatic rings. The second-order valence-corrected chi connectivity index (χ2v) is 5.60. The van der Waals surface area contributed by atoms with E-state index >= 15 is 0 Å². The highest BCUT2D eigenvalue weighted by molar-refractivity contribution is 7.14. The van der Waals surface area contributed by atoms with E-state index in [0.29, 0.717) is 6.54 Å². The van der Waals surface area contributed by atoms with Crippen molar-refractivity contribution in [3.05, 3.63) is 21.4 Å². The van der Waals surface area contributed by atoms with Gasteiger partial charge >= 0.3 is 0 Å².